The average Bonchev–Trinajstić information content (AvgIpc) is 3.15. The normalized spacial score (nSPS) is 10.8. The van der Waals surface area contributed by atoms with Crippen molar-refractivity contribution in [2.75, 3.05) is 18.5 Å². The number of fused-ring (bicyclic) bond motifs is 1. The van der Waals surface area contributed by atoms with Crippen molar-refractivity contribution in [3.63, 3.8) is 0 Å². The summed E-state index contributed by atoms with van der Waals surface area (Å²) in [6.07, 6.45) is 1.83. The van der Waals surface area contributed by atoms with E-state index < -0.39 is 17.8 Å². The van der Waals surface area contributed by atoms with Crippen LogP contribution < -0.4 is 10.1 Å². The van der Waals surface area contributed by atoms with Gasteiger partial charge in [-0.15, -0.1) is 0 Å². The number of carbonyl (C=O) groups is 2. The third-order valence-electron chi connectivity index (χ3n) is 4.67. The molecule has 0 aliphatic rings. The summed E-state index contributed by atoms with van der Waals surface area (Å²) in [7, 11) is 0. The van der Waals surface area contributed by atoms with Crippen LogP contribution >= 0.6 is 15.9 Å². The highest BCUT2D eigenvalue weighted by Gasteiger charge is 2.17. The number of pyridine rings is 1. The largest absolute Gasteiger partial charge is 0.465 e. The first-order valence-electron chi connectivity index (χ1n) is 10.1. The van der Waals surface area contributed by atoms with E-state index in [1.165, 1.54) is 18.2 Å². The molecule has 4 rings (SSSR count). The lowest BCUT2D eigenvalue weighted by molar-refractivity contribution is -0.140. The zero-order chi connectivity index (χ0) is 23.4. The zero-order valence-corrected chi connectivity index (χ0v) is 19.1. The summed E-state index contributed by atoms with van der Waals surface area (Å²) in [4.78, 5) is 29.0. The van der Waals surface area contributed by atoms with E-state index >= 15 is 0 Å². The van der Waals surface area contributed by atoms with E-state index in [0.29, 0.717) is 22.7 Å². The maximum Gasteiger partial charge on any atom is 0.343 e. The molecule has 0 aliphatic carbocycles. The number of imidazole rings is 1. The molecule has 1 N–H and O–H groups in total. The van der Waals surface area contributed by atoms with Crippen LogP contribution in [0.4, 0.5) is 10.2 Å². The predicted molar refractivity (Wildman–Crippen MR) is 125 cm³/mol. The van der Waals surface area contributed by atoms with E-state index in [9.17, 15) is 14.0 Å². The van der Waals surface area contributed by atoms with Crippen LogP contribution in [0.5, 0.6) is 5.75 Å². The minimum Gasteiger partial charge on any atom is -0.465 e. The van der Waals surface area contributed by atoms with Gasteiger partial charge in [0.1, 0.15) is 35.3 Å². The number of nitrogens with zero attached hydrogens (tertiary/aromatic N) is 2. The minimum atomic E-state index is -0.675. The van der Waals surface area contributed by atoms with E-state index in [1.807, 2.05) is 28.8 Å². The number of aromatic nitrogens is 2. The Hall–Kier alpha value is -3.72. The molecule has 0 spiro atoms. The van der Waals surface area contributed by atoms with Crippen molar-refractivity contribution in [1.82, 2.24) is 9.38 Å². The summed E-state index contributed by atoms with van der Waals surface area (Å²) < 4.78 is 26.5. The molecular formula is C24H19BrFN3O4. The summed E-state index contributed by atoms with van der Waals surface area (Å²) in [5.41, 5.74) is 1.98. The molecule has 33 heavy (non-hydrogen) atoms. The van der Waals surface area contributed by atoms with Crippen molar-refractivity contribution in [1.29, 1.82) is 0 Å². The van der Waals surface area contributed by atoms with Crippen molar-refractivity contribution in [2.24, 2.45) is 0 Å². The van der Waals surface area contributed by atoms with Gasteiger partial charge in [0.2, 0.25) is 0 Å². The van der Waals surface area contributed by atoms with Gasteiger partial charge >= 0.3 is 11.9 Å². The quantitative estimate of drug-likeness (QED) is 0.274. The Morgan fingerprint density at radius 2 is 1.94 bits per heavy atom. The maximum absolute atomic E-state index is 13.4. The molecule has 4 aromatic rings. The van der Waals surface area contributed by atoms with E-state index in [0.717, 1.165) is 10.5 Å². The second-order valence-electron chi connectivity index (χ2n) is 6.97. The van der Waals surface area contributed by atoms with Crippen LogP contribution in [0.15, 0.2) is 71.3 Å². The van der Waals surface area contributed by atoms with Gasteiger partial charge in [0.15, 0.2) is 0 Å². The summed E-state index contributed by atoms with van der Waals surface area (Å²) in [5, 5.41) is 3.09. The van der Waals surface area contributed by atoms with Gasteiger partial charge < -0.3 is 14.8 Å². The van der Waals surface area contributed by atoms with Gasteiger partial charge in [-0.1, -0.05) is 18.2 Å². The number of carbonyl (C=O) groups excluding carboxylic acids is 2. The SMILES string of the molecule is CCOC(=O)CNc1c(-c2cccc(OC(=O)c3cccc(F)c3)c2)nc2ccc(Br)cn12. The first-order chi connectivity index (χ1) is 15.9. The van der Waals surface area contributed by atoms with Crippen LogP contribution in [0.1, 0.15) is 17.3 Å². The van der Waals surface area contributed by atoms with Crippen molar-refractivity contribution >= 4 is 39.3 Å². The Morgan fingerprint density at radius 1 is 1.12 bits per heavy atom. The highest BCUT2D eigenvalue weighted by molar-refractivity contribution is 9.10. The molecule has 9 heteroatoms. The second kappa shape index (κ2) is 9.83. The first-order valence-corrected chi connectivity index (χ1v) is 10.9. The predicted octanol–water partition coefficient (Wildman–Crippen LogP) is 5.10. The van der Waals surface area contributed by atoms with E-state index in [1.54, 1.807) is 25.1 Å². The number of rotatable bonds is 7. The number of benzene rings is 2. The van der Waals surface area contributed by atoms with Gasteiger partial charge in [-0.25, -0.2) is 14.2 Å². The molecule has 0 fully saturated rings. The standard InChI is InChI=1S/C24H19BrFN3O4/c1-2-32-21(30)13-27-23-22(28-20-10-9-17(25)14-29(20)23)15-5-4-8-19(12-15)33-24(31)16-6-3-7-18(26)11-16/h3-12,14,27H,2,13H2,1H3. The van der Waals surface area contributed by atoms with E-state index in [2.05, 4.69) is 26.2 Å². The molecule has 0 saturated heterocycles. The third kappa shape index (κ3) is 5.20. The number of anilines is 1. The van der Waals surface area contributed by atoms with Gasteiger partial charge in [-0.3, -0.25) is 9.20 Å². The summed E-state index contributed by atoms with van der Waals surface area (Å²) in [6.45, 7) is 1.98. The van der Waals surface area contributed by atoms with Gasteiger partial charge in [0, 0.05) is 16.2 Å². The third-order valence-corrected chi connectivity index (χ3v) is 5.14. The van der Waals surface area contributed by atoms with Crippen LogP contribution in [-0.4, -0.2) is 34.5 Å². The molecule has 0 amide bonds. The van der Waals surface area contributed by atoms with E-state index in [-0.39, 0.29) is 24.5 Å². The molecule has 0 aliphatic heterocycles. The lowest BCUT2D eigenvalue weighted by Gasteiger charge is -2.10. The fraction of sp³-hybridized carbons (Fsp3) is 0.125. The second-order valence-corrected chi connectivity index (χ2v) is 7.89. The van der Waals surface area contributed by atoms with Crippen LogP contribution in [0, 0.1) is 5.82 Å². The molecular weight excluding hydrogens is 493 g/mol. The number of hydrogen-bond acceptors (Lipinski definition) is 6. The van der Waals surface area contributed by atoms with E-state index in [4.69, 9.17) is 9.47 Å². The molecule has 0 bridgehead atoms. The van der Waals surface area contributed by atoms with Crippen LogP contribution in [0.25, 0.3) is 16.9 Å². The minimum absolute atomic E-state index is 0.0462. The fourth-order valence-electron chi connectivity index (χ4n) is 3.25. The number of esters is 2. The lowest BCUT2D eigenvalue weighted by Crippen LogP contribution is -2.17. The Bertz CT molecular complexity index is 1340. The topological polar surface area (TPSA) is 81.9 Å². The number of nitrogens with one attached hydrogen (secondary N) is 1. The van der Waals surface area contributed by atoms with Gasteiger partial charge in [-0.05, 0) is 65.3 Å². The highest BCUT2D eigenvalue weighted by Crippen LogP contribution is 2.32. The van der Waals surface area contributed by atoms with Crippen molar-refractivity contribution in [3.8, 4) is 17.0 Å². The molecule has 2 heterocycles. The van der Waals surface area contributed by atoms with Crippen LogP contribution in [0.2, 0.25) is 0 Å². The van der Waals surface area contributed by atoms with Crippen LogP contribution in [-0.2, 0) is 9.53 Å². The first kappa shape index (κ1) is 22.5. The highest BCUT2D eigenvalue weighted by atomic mass is 79.9. The molecule has 2 aromatic carbocycles. The maximum atomic E-state index is 13.4. The monoisotopic (exact) mass is 511 g/mol. The fourth-order valence-corrected chi connectivity index (χ4v) is 3.58. The Balaban J connectivity index is 1.67. The van der Waals surface area contributed by atoms with Gasteiger partial charge in [-0.2, -0.15) is 0 Å². The summed E-state index contributed by atoms with van der Waals surface area (Å²) >= 11 is 3.45. The van der Waals surface area contributed by atoms with Crippen molar-refractivity contribution in [3.05, 3.63) is 82.7 Å². The Kier molecular flexibility index (Phi) is 6.69. The Labute approximate surface area is 197 Å². The number of hydrogen-bond donors (Lipinski definition) is 1. The number of ether oxygens (including phenoxy) is 2. The number of halogens is 2. The molecule has 0 atom stereocenters. The summed E-state index contributed by atoms with van der Waals surface area (Å²) in [5.74, 6) is -0.743. The van der Waals surface area contributed by atoms with Crippen LogP contribution in [0.3, 0.4) is 0 Å². The molecule has 168 valence electrons. The average molecular weight is 512 g/mol. The molecule has 0 saturated carbocycles. The smallest absolute Gasteiger partial charge is 0.343 e. The van der Waals surface area contributed by atoms with Crippen molar-refractivity contribution in [2.45, 2.75) is 6.92 Å². The molecule has 7 nitrogen and oxygen atoms in total. The van der Waals surface area contributed by atoms with Gasteiger partial charge in [0.05, 0.1) is 12.2 Å². The van der Waals surface area contributed by atoms with Crippen molar-refractivity contribution < 1.29 is 23.5 Å². The molecule has 0 unspecified atom stereocenters. The molecule has 0 radical (unpaired) electrons. The molecule has 2 aromatic heterocycles. The van der Waals surface area contributed by atoms with Gasteiger partial charge in [0.25, 0.3) is 0 Å². The zero-order valence-electron chi connectivity index (χ0n) is 17.5. The summed E-state index contributed by atoms with van der Waals surface area (Å²) in [6, 6.07) is 15.8. The lowest BCUT2D eigenvalue weighted by atomic mass is 10.1. The Morgan fingerprint density at radius 3 is 2.73 bits per heavy atom.